The molecule has 1 fully saturated rings. The standard InChI is InChI=1S/C14H24N4O3/c1-2-3-6-18-12(15)11(13(19)17-14(18)20)16-8-10-5-4-7-21-9-10/h10,16H,2-9,15H2,1H3,(H,17,19,20). The molecule has 1 aromatic heterocycles. The Morgan fingerprint density at radius 3 is 2.95 bits per heavy atom. The molecule has 7 nitrogen and oxygen atoms in total. The molecule has 2 rings (SSSR count). The SMILES string of the molecule is CCCCn1c(N)c(NCC2CCCOC2)c(=O)[nH]c1=O. The summed E-state index contributed by atoms with van der Waals surface area (Å²) >= 11 is 0. The van der Waals surface area contributed by atoms with Crippen LogP contribution in [0.1, 0.15) is 32.6 Å². The van der Waals surface area contributed by atoms with Crippen LogP contribution in [0.3, 0.4) is 0 Å². The molecule has 118 valence electrons. The zero-order chi connectivity index (χ0) is 15.2. The first-order valence-corrected chi connectivity index (χ1v) is 7.57. The minimum Gasteiger partial charge on any atom is -0.383 e. The lowest BCUT2D eigenvalue weighted by Gasteiger charge is -2.23. The molecule has 1 atom stereocenters. The van der Waals surface area contributed by atoms with Crippen LogP contribution in [-0.4, -0.2) is 29.3 Å². The van der Waals surface area contributed by atoms with Crippen LogP contribution in [0.4, 0.5) is 11.5 Å². The number of H-pyrrole nitrogens is 1. The summed E-state index contributed by atoms with van der Waals surface area (Å²) in [5.41, 5.74) is 5.38. The molecule has 0 aliphatic carbocycles. The van der Waals surface area contributed by atoms with Gasteiger partial charge in [-0.1, -0.05) is 13.3 Å². The van der Waals surface area contributed by atoms with E-state index in [0.29, 0.717) is 25.6 Å². The number of aromatic nitrogens is 2. The first-order chi connectivity index (χ1) is 10.1. The predicted octanol–water partition coefficient (Wildman–Crippen LogP) is 0.757. The van der Waals surface area contributed by atoms with E-state index in [2.05, 4.69) is 10.3 Å². The second-order valence-corrected chi connectivity index (χ2v) is 5.49. The highest BCUT2D eigenvalue weighted by molar-refractivity contribution is 5.60. The van der Waals surface area contributed by atoms with Crippen LogP contribution in [0, 0.1) is 5.92 Å². The fraction of sp³-hybridized carbons (Fsp3) is 0.714. The van der Waals surface area contributed by atoms with Gasteiger partial charge in [0.2, 0.25) is 0 Å². The average Bonchev–Trinajstić information content (AvgIpc) is 2.47. The highest BCUT2D eigenvalue weighted by atomic mass is 16.5. The minimum atomic E-state index is -0.457. The lowest BCUT2D eigenvalue weighted by molar-refractivity contribution is 0.0595. The molecule has 0 saturated carbocycles. The van der Waals surface area contributed by atoms with Crippen molar-refractivity contribution in [3.05, 3.63) is 20.8 Å². The Morgan fingerprint density at radius 2 is 2.29 bits per heavy atom. The Kier molecular flexibility index (Phi) is 5.44. The topological polar surface area (TPSA) is 102 Å². The highest BCUT2D eigenvalue weighted by Gasteiger charge is 2.16. The number of aromatic amines is 1. The van der Waals surface area contributed by atoms with Crippen molar-refractivity contribution in [3.63, 3.8) is 0 Å². The number of nitrogens with zero attached hydrogens (tertiary/aromatic N) is 1. The fourth-order valence-electron chi connectivity index (χ4n) is 2.51. The quantitative estimate of drug-likeness (QED) is 0.719. The molecule has 0 amide bonds. The molecular formula is C14H24N4O3. The lowest BCUT2D eigenvalue weighted by Crippen LogP contribution is -2.35. The Hall–Kier alpha value is -1.76. The van der Waals surface area contributed by atoms with Gasteiger partial charge in [0.25, 0.3) is 5.56 Å². The molecule has 0 spiro atoms. The van der Waals surface area contributed by atoms with Crippen molar-refractivity contribution in [3.8, 4) is 0 Å². The van der Waals surface area contributed by atoms with Crippen molar-refractivity contribution >= 4 is 11.5 Å². The lowest BCUT2D eigenvalue weighted by atomic mass is 10.0. The fourth-order valence-corrected chi connectivity index (χ4v) is 2.51. The predicted molar refractivity (Wildman–Crippen MR) is 82.7 cm³/mol. The van der Waals surface area contributed by atoms with Gasteiger partial charge in [0, 0.05) is 19.7 Å². The zero-order valence-corrected chi connectivity index (χ0v) is 12.5. The van der Waals surface area contributed by atoms with E-state index in [-0.39, 0.29) is 11.5 Å². The summed E-state index contributed by atoms with van der Waals surface area (Å²) in [5, 5.41) is 3.09. The van der Waals surface area contributed by atoms with Crippen LogP contribution in [-0.2, 0) is 11.3 Å². The smallest absolute Gasteiger partial charge is 0.330 e. The minimum absolute atomic E-state index is 0.217. The molecule has 1 aromatic rings. The van der Waals surface area contributed by atoms with Crippen molar-refractivity contribution < 1.29 is 4.74 Å². The number of ether oxygens (including phenoxy) is 1. The van der Waals surface area contributed by atoms with Crippen LogP contribution in [0.25, 0.3) is 0 Å². The number of hydrogen-bond donors (Lipinski definition) is 3. The van der Waals surface area contributed by atoms with Gasteiger partial charge in [-0.05, 0) is 25.2 Å². The van der Waals surface area contributed by atoms with Crippen molar-refractivity contribution in [1.82, 2.24) is 9.55 Å². The summed E-state index contributed by atoms with van der Waals surface area (Å²) < 4.78 is 6.84. The third-order valence-electron chi connectivity index (χ3n) is 3.80. The number of rotatable bonds is 6. The largest absolute Gasteiger partial charge is 0.383 e. The molecule has 4 N–H and O–H groups in total. The van der Waals surface area contributed by atoms with E-state index in [4.69, 9.17) is 10.5 Å². The number of hydrogen-bond acceptors (Lipinski definition) is 5. The number of nitrogen functional groups attached to an aromatic ring is 1. The van der Waals surface area contributed by atoms with Crippen LogP contribution in [0.15, 0.2) is 9.59 Å². The summed E-state index contributed by atoms with van der Waals surface area (Å²) in [4.78, 5) is 26.0. The summed E-state index contributed by atoms with van der Waals surface area (Å²) in [7, 11) is 0. The van der Waals surface area contributed by atoms with E-state index in [1.165, 1.54) is 4.57 Å². The van der Waals surface area contributed by atoms with Crippen molar-refractivity contribution in [2.24, 2.45) is 5.92 Å². The molecule has 1 aliphatic rings. The van der Waals surface area contributed by atoms with E-state index in [1.54, 1.807) is 0 Å². The molecule has 0 radical (unpaired) electrons. The molecular weight excluding hydrogens is 272 g/mol. The Balaban J connectivity index is 2.14. The summed E-state index contributed by atoms with van der Waals surface area (Å²) in [6.45, 7) is 4.68. The van der Waals surface area contributed by atoms with E-state index < -0.39 is 11.2 Å². The molecule has 7 heteroatoms. The normalized spacial score (nSPS) is 18.6. The molecule has 2 heterocycles. The maximum Gasteiger partial charge on any atom is 0.330 e. The van der Waals surface area contributed by atoms with Crippen molar-refractivity contribution in [1.29, 1.82) is 0 Å². The maximum atomic E-state index is 11.9. The van der Waals surface area contributed by atoms with E-state index in [0.717, 1.165) is 32.3 Å². The second-order valence-electron chi connectivity index (χ2n) is 5.49. The first-order valence-electron chi connectivity index (χ1n) is 7.57. The molecule has 21 heavy (non-hydrogen) atoms. The van der Waals surface area contributed by atoms with Crippen molar-refractivity contribution in [2.45, 2.75) is 39.2 Å². The van der Waals surface area contributed by atoms with Crippen LogP contribution < -0.4 is 22.3 Å². The highest BCUT2D eigenvalue weighted by Crippen LogP contribution is 2.16. The van der Waals surface area contributed by atoms with Gasteiger partial charge in [-0.15, -0.1) is 0 Å². The molecule has 1 aliphatic heterocycles. The van der Waals surface area contributed by atoms with Gasteiger partial charge in [0.05, 0.1) is 6.61 Å². The summed E-state index contributed by atoms with van der Waals surface area (Å²) in [6, 6.07) is 0. The van der Waals surface area contributed by atoms with Crippen LogP contribution in [0.2, 0.25) is 0 Å². The van der Waals surface area contributed by atoms with Gasteiger partial charge in [0.1, 0.15) is 11.5 Å². The second kappa shape index (κ2) is 7.31. The van der Waals surface area contributed by atoms with Gasteiger partial charge >= 0.3 is 5.69 Å². The number of anilines is 2. The zero-order valence-electron chi connectivity index (χ0n) is 12.5. The number of nitrogens with two attached hydrogens (primary N) is 1. The third-order valence-corrected chi connectivity index (χ3v) is 3.80. The molecule has 0 bridgehead atoms. The maximum absolute atomic E-state index is 11.9. The molecule has 0 aromatic carbocycles. The van der Waals surface area contributed by atoms with Gasteiger partial charge in [0.15, 0.2) is 0 Å². The number of nitrogens with one attached hydrogen (secondary N) is 2. The van der Waals surface area contributed by atoms with Gasteiger partial charge in [-0.25, -0.2) is 4.79 Å². The van der Waals surface area contributed by atoms with Crippen LogP contribution >= 0.6 is 0 Å². The van der Waals surface area contributed by atoms with Gasteiger partial charge in [-0.3, -0.25) is 14.3 Å². The third kappa shape index (κ3) is 3.87. The average molecular weight is 296 g/mol. The molecule has 1 unspecified atom stereocenters. The Morgan fingerprint density at radius 1 is 1.48 bits per heavy atom. The van der Waals surface area contributed by atoms with Gasteiger partial charge < -0.3 is 15.8 Å². The van der Waals surface area contributed by atoms with E-state index in [1.807, 2.05) is 6.92 Å². The van der Waals surface area contributed by atoms with E-state index >= 15 is 0 Å². The van der Waals surface area contributed by atoms with Crippen LogP contribution in [0.5, 0.6) is 0 Å². The Labute approximate surface area is 123 Å². The van der Waals surface area contributed by atoms with E-state index in [9.17, 15) is 9.59 Å². The first kappa shape index (κ1) is 15.6. The monoisotopic (exact) mass is 296 g/mol. The summed E-state index contributed by atoms with van der Waals surface area (Å²) in [5.74, 6) is 0.586. The summed E-state index contributed by atoms with van der Waals surface area (Å²) in [6.07, 6.45) is 3.90. The van der Waals surface area contributed by atoms with Gasteiger partial charge in [-0.2, -0.15) is 0 Å². The number of unbranched alkanes of at least 4 members (excludes halogenated alkanes) is 1. The van der Waals surface area contributed by atoms with Crippen molar-refractivity contribution in [2.75, 3.05) is 30.8 Å². The Bertz CT molecular complexity index is 573. The molecule has 1 saturated heterocycles.